The lowest BCUT2D eigenvalue weighted by molar-refractivity contribution is -0.100. The minimum atomic E-state index is -4.39. The van der Waals surface area contributed by atoms with Crippen LogP contribution in [0.1, 0.15) is 19.4 Å². The average Bonchev–Trinajstić information content (AvgIpc) is 3.24. The van der Waals surface area contributed by atoms with Crippen LogP contribution in [0.15, 0.2) is 46.8 Å². The number of nitrogens with zero attached hydrogens (tertiary/aromatic N) is 7. The maximum atomic E-state index is 13.1. The summed E-state index contributed by atoms with van der Waals surface area (Å²) in [6.07, 6.45) is -0.0596. The highest BCUT2D eigenvalue weighted by molar-refractivity contribution is 5.73. The lowest BCUT2D eigenvalue weighted by Gasteiger charge is -2.33. The quantitative estimate of drug-likeness (QED) is 0.516. The molecular formula is C18H15F3N8O. The van der Waals surface area contributed by atoms with Gasteiger partial charge in [0.25, 0.3) is 0 Å². The van der Waals surface area contributed by atoms with Gasteiger partial charge in [-0.2, -0.15) is 23.3 Å². The van der Waals surface area contributed by atoms with Crippen molar-refractivity contribution in [2.45, 2.75) is 25.6 Å². The van der Waals surface area contributed by atoms with E-state index in [2.05, 4.69) is 25.4 Å². The summed E-state index contributed by atoms with van der Waals surface area (Å²) in [5.41, 5.74) is 1.11. The van der Waals surface area contributed by atoms with Crippen molar-refractivity contribution in [2.24, 2.45) is 7.05 Å². The molecule has 0 fully saturated rings. The largest absolute Gasteiger partial charge is 0.412 e. The Kier molecular flexibility index (Phi) is 3.76. The Balaban J connectivity index is 1.56. The minimum absolute atomic E-state index is 0.127. The normalized spacial score (nSPS) is 17.0. The summed E-state index contributed by atoms with van der Waals surface area (Å²) < 4.78 is 43.4. The lowest BCUT2D eigenvalue weighted by atomic mass is 9.83. The molecule has 0 aromatic carbocycles. The van der Waals surface area contributed by atoms with Crippen LogP contribution in [0.2, 0.25) is 0 Å². The summed E-state index contributed by atoms with van der Waals surface area (Å²) in [5, 5.41) is 7.08. The molecule has 1 atom stereocenters. The van der Waals surface area contributed by atoms with Gasteiger partial charge < -0.3 is 5.32 Å². The van der Waals surface area contributed by atoms with Crippen LogP contribution < -0.4 is 11.0 Å². The van der Waals surface area contributed by atoms with E-state index in [0.717, 1.165) is 0 Å². The predicted molar refractivity (Wildman–Crippen MR) is 101 cm³/mol. The van der Waals surface area contributed by atoms with Gasteiger partial charge in [-0.3, -0.25) is 9.13 Å². The second-order valence-corrected chi connectivity index (χ2v) is 7.10. The number of hydrogen-bond donors (Lipinski definition) is 1. The molecule has 1 N–H and O–H groups in total. The van der Waals surface area contributed by atoms with Crippen molar-refractivity contribution in [1.82, 2.24) is 33.7 Å². The number of aromatic nitrogens is 7. The lowest BCUT2D eigenvalue weighted by Crippen LogP contribution is -2.35. The number of rotatable bonds is 3. The maximum Gasteiger partial charge on any atom is 0.412 e. The standard InChI is InChI=1S/C18H15F3N8O/c1-9-11(18(19,20)21)5-12(9)29-15-13(27(2)17(29)30)6-22-16(26-15)25-10-3-4-14-23-8-24-28(14)7-10/h3-4,6-8,12H,5H2,1-2H3,(H,22,25,26). The van der Waals surface area contributed by atoms with Crippen LogP contribution in [0, 0.1) is 0 Å². The Morgan fingerprint density at radius 2 is 2.03 bits per heavy atom. The first-order valence-corrected chi connectivity index (χ1v) is 9.01. The van der Waals surface area contributed by atoms with Gasteiger partial charge in [0.1, 0.15) is 11.8 Å². The van der Waals surface area contributed by atoms with E-state index in [1.807, 2.05) is 0 Å². The van der Waals surface area contributed by atoms with E-state index in [9.17, 15) is 18.0 Å². The van der Waals surface area contributed by atoms with Gasteiger partial charge in [-0.05, 0) is 24.6 Å². The molecule has 9 nitrogen and oxygen atoms in total. The smallest absolute Gasteiger partial charge is 0.323 e. The molecular weight excluding hydrogens is 401 g/mol. The van der Waals surface area contributed by atoms with Crippen molar-refractivity contribution >= 4 is 28.4 Å². The van der Waals surface area contributed by atoms with E-state index >= 15 is 0 Å². The van der Waals surface area contributed by atoms with Gasteiger partial charge in [0.05, 0.1) is 24.1 Å². The Hall–Kier alpha value is -3.70. The van der Waals surface area contributed by atoms with Crippen LogP contribution in [0.25, 0.3) is 16.8 Å². The number of alkyl halides is 3. The van der Waals surface area contributed by atoms with Crippen molar-refractivity contribution in [3.8, 4) is 0 Å². The van der Waals surface area contributed by atoms with Crippen LogP contribution in [0.5, 0.6) is 0 Å². The monoisotopic (exact) mass is 416 g/mol. The number of imidazole rings is 1. The molecule has 5 rings (SSSR count). The number of anilines is 2. The summed E-state index contributed by atoms with van der Waals surface area (Å²) in [4.78, 5) is 25.4. The molecule has 12 heteroatoms. The average molecular weight is 416 g/mol. The number of fused-ring (bicyclic) bond motifs is 2. The zero-order chi connectivity index (χ0) is 21.2. The molecule has 1 aliphatic carbocycles. The van der Waals surface area contributed by atoms with Crippen LogP contribution >= 0.6 is 0 Å². The molecule has 0 spiro atoms. The van der Waals surface area contributed by atoms with E-state index in [-0.39, 0.29) is 23.6 Å². The SMILES string of the molecule is CC1=C(C(F)(F)F)CC1n1c(=O)n(C)c2cnc(Nc3ccc4ncnn4c3)nc21. The summed E-state index contributed by atoms with van der Waals surface area (Å²) in [7, 11) is 1.54. The Morgan fingerprint density at radius 1 is 1.23 bits per heavy atom. The number of nitrogens with one attached hydrogen (secondary N) is 1. The zero-order valence-electron chi connectivity index (χ0n) is 15.8. The maximum absolute atomic E-state index is 13.1. The van der Waals surface area contributed by atoms with Gasteiger partial charge in [0.2, 0.25) is 5.95 Å². The fourth-order valence-corrected chi connectivity index (χ4v) is 3.70. The van der Waals surface area contributed by atoms with Gasteiger partial charge in [0, 0.05) is 19.0 Å². The summed E-state index contributed by atoms with van der Waals surface area (Å²) in [6, 6.07) is 2.84. The highest BCUT2D eigenvalue weighted by Crippen LogP contribution is 2.46. The fraction of sp³-hybridized carbons (Fsp3) is 0.278. The Bertz CT molecular complexity index is 1390. The van der Waals surface area contributed by atoms with E-state index in [4.69, 9.17) is 0 Å². The van der Waals surface area contributed by atoms with Gasteiger partial charge in [0.15, 0.2) is 11.3 Å². The molecule has 0 bridgehead atoms. The highest BCUT2D eigenvalue weighted by Gasteiger charge is 2.45. The third kappa shape index (κ3) is 2.67. The summed E-state index contributed by atoms with van der Waals surface area (Å²) in [6.45, 7) is 1.40. The van der Waals surface area contributed by atoms with Crippen molar-refractivity contribution in [1.29, 1.82) is 0 Å². The molecule has 1 unspecified atom stereocenters. The predicted octanol–water partition coefficient (Wildman–Crippen LogP) is 2.74. The molecule has 4 aromatic heterocycles. The van der Waals surface area contributed by atoms with Crippen molar-refractivity contribution in [2.75, 3.05) is 5.32 Å². The molecule has 0 radical (unpaired) electrons. The first-order valence-electron chi connectivity index (χ1n) is 9.01. The van der Waals surface area contributed by atoms with Crippen molar-refractivity contribution in [3.63, 3.8) is 0 Å². The minimum Gasteiger partial charge on any atom is -0.323 e. The van der Waals surface area contributed by atoms with Crippen molar-refractivity contribution in [3.05, 3.63) is 52.5 Å². The number of pyridine rings is 1. The first-order chi connectivity index (χ1) is 14.2. The van der Waals surface area contributed by atoms with Gasteiger partial charge >= 0.3 is 11.9 Å². The van der Waals surface area contributed by atoms with Gasteiger partial charge in [-0.25, -0.2) is 19.3 Å². The molecule has 0 saturated heterocycles. The van der Waals surface area contributed by atoms with Crippen LogP contribution in [-0.4, -0.2) is 39.9 Å². The van der Waals surface area contributed by atoms with E-state index in [1.165, 1.54) is 28.6 Å². The topological polar surface area (TPSA) is 94.9 Å². The molecule has 4 heterocycles. The van der Waals surface area contributed by atoms with Crippen molar-refractivity contribution < 1.29 is 13.2 Å². The molecule has 0 saturated carbocycles. The molecule has 154 valence electrons. The number of allylic oxidation sites excluding steroid dienone is 2. The highest BCUT2D eigenvalue weighted by atomic mass is 19.4. The summed E-state index contributed by atoms with van der Waals surface area (Å²) in [5.74, 6) is 0.207. The third-order valence-corrected chi connectivity index (χ3v) is 5.39. The molecule has 1 aliphatic rings. The Morgan fingerprint density at radius 3 is 2.77 bits per heavy atom. The fourth-order valence-electron chi connectivity index (χ4n) is 3.70. The first kappa shape index (κ1) is 18.3. The molecule has 4 aromatic rings. The van der Waals surface area contributed by atoms with Crippen LogP contribution in [-0.2, 0) is 7.05 Å². The Labute approximate surface area is 166 Å². The van der Waals surface area contributed by atoms with Crippen LogP contribution in [0.4, 0.5) is 24.8 Å². The van der Waals surface area contributed by atoms with Crippen LogP contribution in [0.3, 0.4) is 0 Å². The van der Waals surface area contributed by atoms with E-state index in [0.29, 0.717) is 16.9 Å². The number of aryl methyl sites for hydroxylation is 1. The zero-order valence-corrected chi connectivity index (χ0v) is 15.8. The number of hydrogen-bond acceptors (Lipinski definition) is 6. The second kappa shape index (κ2) is 6.15. The third-order valence-electron chi connectivity index (χ3n) is 5.39. The number of halogens is 3. The summed E-state index contributed by atoms with van der Waals surface area (Å²) >= 11 is 0. The van der Waals surface area contributed by atoms with E-state index in [1.54, 1.807) is 29.9 Å². The molecule has 30 heavy (non-hydrogen) atoms. The molecule has 0 amide bonds. The second-order valence-electron chi connectivity index (χ2n) is 7.10. The molecule has 0 aliphatic heterocycles. The van der Waals surface area contributed by atoms with Gasteiger partial charge in [-0.15, -0.1) is 0 Å². The van der Waals surface area contributed by atoms with E-state index < -0.39 is 23.5 Å². The van der Waals surface area contributed by atoms with Gasteiger partial charge in [-0.1, -0.05) is 0 Å².